The summed E-state index contributed by atoms with van der Waals surface area (Å²) in [4.78, 5) is 0. The summed E-state index contributed by atoms with van der Waals surface area (Å²) in [5, 5.41) is 8.92. The summed E-state index contributed by atoms with van der Waals surface area (Å²) in [6.45, 7) is 2.81. The van der Waals surface area contributed by atoms with E-state index in [0.717, 1.165) is 24.0 Å². The average molecular weight is 359 g/mol. The van der Waals surface area contributed by atoms with E-state index in [4.69, 9.17) is 4.74 Å². The Labute approximate surface area is 148 Å². The van der Waals surface area contributed by atoms with Crippen molar-refractivity contribution >= 4 is 16.1 Å². The van der Waals surface area contributed by atoms with Crippen molar-refractivity contribution in [2.45, 2.75) is 25.9 Å². The molecule has 1 atom stereocenters. The van der Waals surface area contributed by atoms with Crippen LogP contribution in [0.3, 0.4) is 0 Å². The molecule has 132 valence electrons. The monoisotopic (exact) mass is 359 g/mol. The zero-order valence-corrected chi connectivity index (χ0v) is 14.9. The Kier molecular flexibility index (Phi) is 5.45. The normalized spacial score (nSPS) is 19.2. The van der Waals surface area contributed by atoms with E-state index in [1.54, 1.807) is 24.4 Å². The van der Waals surface area contributed by atoms with E-state index in [-0.39, 0.29) is 6.10 Å². The lowest BCUT2D eigenvalue weighted by Gasteiger charge is -2.30. The highest BCUT2D eigenvalue weighted by atomic mass is 32.2. The third-order valence-corrected chi connectivity index (χ3v) is 5.58. The van der Waals surface area contributed by atoms with Gasteiger partial charge in [-0.15, -0.1) is 5.10 Å². The average Bonchev–Trinajstić information content (AvgIpc) is 2.62. The molecule has 1 aliphatic heterocycles. The van der Waals surface area contributed by atoms with Gasteiger partial charge < -0.3 is 4.74 Å². The third kappa shape index (κ3) is 4.87. The van der Waals surface area contributed by atoms with Crippen molar-refractivity contribution in [1.29, 1.82) is 0 Å². The zero-order valence-electron chi connectivity index (χ0n) is 14.1. The number of hydrogen-bond donors (Lipinski definition) is 0. The molecule has 0 spiro atoms. The number of rotatable bonds is 5. The number of nitrogens with zero attached hydrogens (tertiary/aromatic N) is 3. The standard InChI is InChI=1S/C18H21N3O3S/c1-15-6-8-16(9-7-15)10-13-25(22,23)21-12-3-4-17(14-21)24-18-5-2-11-19-20-18/h2,5-11,13,17H,3-4,12,14H2,1H3/b13-10+. The van der Waals surface area contributed by atoms with Crippen LogP contribution in [0.1, 0.15) is 24.0 Å². The quantitative estimate of drug-likeness (QED) is 0.821. The van der Waals surface area contributed by atoms with Gasteiger partial charge in [-0.05, 0) is 37.5 Å². The lowest BCUT2D eigenvalue weighted by Crippen LogP contribution is -2.43. The first kappa shape index (κ1) is 17.6. The molecule has 0 radical (unpaired) electrons. The lowest BCUT2D eigenvalue weighted by atomic mass is 10.1. The van der Waals surface area contributed by atoms with Gasteiger partial charge in [-0.2, -0.15) is 9.40 Å². The molecule has 0 bridgehead atoms. The molecule has 2 heterocycles. The van der Waals surface area contributed by atoms with Gasteiger partial charge in [0.2, 0.25) is 15.9 Å². The number of aryl methyl sites for hydroxylation is 1. The fraction of sp³-hybridized carbons (Fsp3) is 0.333. The smallest absolute Gasteiger partial charge is 0.236 e. The van der Waals surface area contributed by atoms with Crippen LogP contribution in [0.2, 0.25) is 0 Å². The van der Waals surface area contributed by atoms with Crippen molar-refractivity contribution in [3.05, 3.63) is 59.1 Å². The summed E-state index contributed by atoms with van der Waals surface area (Å²) in [5.74, 6) is 0.418. The van der Waals surface area contributed by atoms with Crippen molar-refractivity contribution in [2.75, 3.05) is 13.1 Å². The summed E-state index contributed by atoms with van der Waals surface area (Å²) in [7, 11) is -3.48. The molecular formula is C18H21N3O3S. The van der Waals surface area contributed by atoms with Gasteiger partial charge in [-0.1, -0.05) is 29.8 Å². The van der Waals surface area contributed by atoms with Gasteiger partial charge in [-0.25, -0.2) is 8.42 Å². The number of piperidine rings is 1. The Bertz CT molecular complexity index is 820. The molecule has 0 amide bonds. The molecule has 1 fully saturated rings. The second kappa shape index (κ2) is 7.76. The zero-order chi connectivity index (χ0) is 17.7. The molecule has 25 heavy (non-hydrogen) atoms. The Morgan fingerprint density at radius 3 is 2.76 bits per heavy atom. The van der Waals surface area contributed by atoms with Crippen LogP contribution >= 0.6 is 0 Å². The van der Waals surface area contributed by atoms with Crippen molar-refractivity contribution in [3.63, 3.8) is 0 Å². The number of sulfonamides is 1. The molecule has 1 aromatic carbocycles. The minimum atomic E-state index is -3.48. The fourth-order valence-corrected chi connectivity index (χ4v) is 3.94. The van der Waals surface area contributed by atoms with Crippen LogP contribution in [0.25, 0.3) is 6.08 Å². The molecular weight excluding hydrogens is 338 g/mol. The summed E-state index contributed by atoms with van der Waals surface area (Å²) >= 11 is 0. The maximum absolute atomic E-state index is 12.6. The van der Waals surface area contributed by atoms with Gasteiger partial charge >= 0.3 is 0 Å². The molecule has 1 aliphatic rings. The fourth-order valence-electron chi connectivity index (χ4n) is 2.68. The van der Waals surface area contributed by atoms with Crippen molar-refractivity contribution in [3.8, 4) is 5.88 Å². The number of hydrogen-bond acceptors (Lipinski definition) is 5. The molecule has 1 unspecified atom stereocenters. The SMILES string of the molecule is Cc1ccc(/C=C/S(=O)(=O)N2CCCC(Oc3cccnn3)C2)cc1. The highest BCUT2D eigenvalue weighted by molar-refractivity contribution is 7.92. The van der Waals surface area contributed by atoms with E-state index < -0.39 is 10.0 Å². The van der Waals surface area contributed by atoms with Gasteiger partial charge in [0, 0.05) is 24.2 Å². The molecule has 1 aromatic heterocycles. The molecule has 3 rings (SSSR count). The van der Waals surface area contributed by atoms with Crippen LogP contribution < -0.4 is 4.74 Å². The highest BCUT2D eigenvalue weighted by Crippen LogP contribution is 2.19. The summed E-state index contributed by atoms with van der Waals surface area (Å²) in [5.41, 5.74) is 2.00. The van der Waals surface area contributed by atoms with Crippen molar-refractivity contribution in [2.24, 2.45) is 0 Å². The van der Waals surface area contributed by atoms with Gasteiger partial charge in [0.05, 0.1) is 6.54 Å². The number of ether oxygens (including phenoxy) is 1. The van der Waals surface area contributed by atoms with E-state index in [2.05, 4.69) is 10.2 Å². The minimum absolute atomic E-state index is 0.215. The number of aromatic nitrogens is 2. The van der Waals surface area contributed by atoms with Crippen LogP contribution in [-0.2, 0) is 10.0 Å². The van der Waals surface area contributed by atoms with E-state index >= 15 is 0 Å². The van der Waals surface area contributed by atoms with E-state index in [1.165, 1.54) is 9.71 Å². The van der Waals surface area contributed by atoms with Gasteiger partial charge in [0.15, 0.2) is 0 Å². The topological polar surface area (TPSA) is 72.4 Å². The maximum Gasteiger partial charge on any atom is 0.236 e. The Balaban J connectivity index is 1.66. The molecule has 7 heteroatoms. The van der Waals surface area contributed by atoms with E-state index in [9.17, 15) is 8.42 Å². The van der Waals surface area contributed by atoms with Gasteiger partial charge in [-0.3, -0.25) is 0 Å². The first-order valence-electron chi connectivity index (χ1n) is 8.22. The molecule has 0 aliphatic carbocycles. The van der Waals surface area contributed by atoms with Crippen LogP contribution in [0.5, 0.6) is 5.88 Å². The summed E-state index contributed by atoms with van der Waals surface area (Å²) in [6.07, 6.45) is 4.53. The predicted octanol–water partition coefficient (Wildman–Crippen LogP) is 2.63. The Morgan fingerprint density at radius 1 is 1.24 bits per heavy atom. The minimum Gasteiger partial charge on any atom is -0.472 e. The van der Waals surface area contributed by atoms with Crippen molar-refractivity contribution in [1.82, 2.24) is 14.5 Å². The van der Waals surface area contributed by atoms with Gasteiger partial charge in [0.1, 0.15) is 6.10 Å². The van der Waals surface area contributed by atoms with E-state index in [0.29, 0.717) is 19.0 Å². The first-order valence-corrected chi connectivity index (χ1v) is 9.72. The summed E-state index contributed by atoms with van der Waals surface area (Å²) in [6, 6.07) is 11.2. The number of benzene rings is 1. The molecule has 2 aromatic rings. The largest absolute Gasteiger partial charge is 0.472 e. The van der Waals surface area contributed by atoms with E-state index in [1.807, 2.05) is 31.2 Å². The third-order valence-electron chi connectivity index (χ3n) is 4.05. The molecule has 6 nitrogen and oxygen atoms in total. The second-order valence-corrected chi connectivity index (χ2v) is 7.88. The highest BCUT2D eigenvalue weighted by Gasteiger charge is 2.28. The van der Waals surface area contributed by atoms with Gasteiger partial charge in [0.25, 0.3) is 0 Å². The molecule has 0 saturated carbocycles. The summed E-state index contributed by atoms with van der Waals surface area (Å²) < 4.78 is 32.4. The van der Waals surface area contributed by atoms with Crippen LogP contribution in [0, 0.1) is 6.92 Å². The second-order valence-electron chi connectivity index (χ2n) is 6.06. The van der Waals surface area contributed by atoms with Crippen LogP contribution in [-0.4, -0.2) is 42.1 Å². The van der Waals surface area contributed by atoms with Crippen LogP contribution in [0.15, 0.2) is 48.0 Å². The van der Waals surface area contributed by atoms with Crippen LogP contribution in [0.4, 0.5) is 0 Å². The first-order chi connectivity index (χ1) is 12.0. The predicted molar refractivity (Wildman–Crippen MR) is 96.4 cm³/mol. The Hall–Kier alpha value is -2.25. The molecule has 1 saturated heterocycles. The maximum atomic E-state index is 12.6. The lowest BCUT2D eigenvalue weighted by molar-refractivity contribution is 0.124. The Morgan fingerprint density at radius 2 is 2.04 bits per heavy atom. The molecule has 0 N–H and O–H groups in total. The van der Waals surface area contributed by atoms with Crippen molar-refractivity contribution < 1.29 is 13.2 Å².